The zero-order chi connectivity index (χ0) is 18.9. The Morgan fingerprint density at radius 3 is 1.96 bits per heavy atom. The van der Waals surface area contributed by atoms with E-state index in [0.29, 0.717) is 5.90 Å². The maximum atomic E-state index is 6.53. The van der Waals surface area contributed by atoms with Crippen LogP contribution in [0.5, 0.6) is 0 Å². The average molecular weight is 485 g/mol. The number of halogens is 2. The molecule has 0 saturated carbocycles. The van der Waals surface area contributed by atoms with Crippen molar-refractivity contribution in [1.82, 2.24) is 0 Å². The van der Waals surface area contributed by atoms with Crippen LogP contribution in [0.4, 0.5) is 5.69 Å². The molecule has 3 aromatic carbocycles. The molecule has 0 saturated heterocycles. The lowest BCUT2D eigenvalue weighted by Crippen LogP contribution is -2.39. The molecule has 0 fully saturated rings. The van der Waals surface area contributed by atoms with Gasteiger partial charge in [-0.3, -0.25) is 0 Å². The second-order valence-corrected chi connectivity index (χ2v) is 8.61. The molecule has 0 bridgehead atoms. The maximum Gasteiger partial charge on any atom is 0.186 e. The minimum absolute atomic E-state index is 0.518. The van der Waals surface area contributed by atoms with Crippen LogP contribution in [-0.4, -0.2) is 5.90 Å². The summed E-state index contributed by atoms with van der Waals surface area (Å²) >= 11 is 7.34. The summed E-state index contributed by atoms with van der Waals surface area (Å²) in [6.45, 7) is 1.93. The molecule has 0 amide bonds. The highest BCUT2D eigenvalue weighted by Crippen LogP contribution is 2.46. The third-order valence-electron chi connectivity index (χ3n) is 4.80. The van der Waals surface area contributed by atoms with Gasteiger partial charge in [0.15, 0.2) is 5.90 Å². The molecule has 0 radical (unpaired) electrons. The van der Waals surface area contributed by atoms with E-state index in [4.69, 9.17) is 9.73 Å². The molecular weight excluding hydrogens is 466 g/mol. The highest BCUT2D eigenvalue weighted by atomic mass is 79.9. The van der Waals surface area contributed by atoms with Crippen LogP contribution in [0.25, 0.3) is 0 Å². The topological polar surface area (TPSA) is 21.6 Å². The Kier molecular flexibility index (Phi) is 5.20. The van der Waals surface area contributed by atoms with Crippen LogP contribution in [0, 0.1) is 0 Å². The normalized spacial score (nSPS) is 14.9. The van der Waals surface area contributed by atoms with Gasteiger partial charge in [-0.05, 0) is 39.2 Å². The van der Waals surface area contributed by atoms with Gasteiger partial charge in [-0.2, -0.15) is 0 Å². The maximum absolute atomic E-state index is 6.53. The van der Waals surface area contributed by atoms with E-state index in [-0.39, 0.29) is 0 Å². The van der Waals surface area contributed by atoms with E-state index in [9.17, 15) is 0 Å². The molecule has 2 nitrogen and oxygen atoms in total. The van der Waals surface area contributed by atoms with Crippen molar-refractivity contribution in [3.05, 3.63) is 98.4 Å². The molecule has 1 heterocycles. The van der Waals surface area contributed by atoms with Gasteiger partial charge >= 0.3 is 0 Å². The monoisotopic (exact) mass is 483 g/mol. The summed E-state index contributed by atoms with van der Waals surface area (Å²) in [5.74, 6) is 0.692. The summed E-state index contributed by atoms with van der Waals surface area (Å²) in [5, 5.41) is 0. The summed E-state index contributed by atoms with van der Waals surface area (Å²) < 4.78 is 8.51. The Labute approximate surface area is 176 Å². The fourth-order valence-corrected chi connectivity index (χ4v) is 5.04. The minimum atomic E-state index is -0.518. The zero-order valence-electron chi connectivity index (χ0n) is 15.0. The molecule has 27 heavy (non-hydrogen) atoms. The molecule has 4 rings (SSSR count). The van der Waals surface area contributed by atoms with E-state index in [1.165, 1.54) is 11.1 Å². The second-order valence-electron chi connectivity index (χ2n) is 6.84. The van der Waals surface area contributed by atoms with Crippen LogP contribution in [-0.2, 0) is 23.2 Å². The Morgan fingerprint density at radius 2 is 1.41 bits per heavy atom. The van der Waals surface area contributed by atoms with Gasteiger partial charge in [-0.1, -0.05) is 76.6 Å². The standard InChI is InChI=1S/C23H19Br2NO/c1-16-26-22-20(12-19(24)13-21(22)25)23(27-16,14-17-8-4-2-5-9-17)15-18-10-6-3-7-11-18/h2-13H,14-15H2,1H3. The van der Waals surface area contributed by atoms with Crippen LogP contribution in [0.15, 0.2) is 86.7 Å². The van der Waals surface area contributed by atoms with Crippen LogP contribution >= 0.6 is 31.9 Å². The summed E-state index contributed by atoms with van der Waals surface area (Å²) in [4.78, 5) is 4.69. The number of hydrogen-bond donors (Lipinski definition) is 0. The molecule has 0 atom stereocenters. The van der Waals surface area contributed by atoms with E-state index in [1.807, 2.05) is 25.1 Å². The number of fused-ring (bicyclic) bond motifs is 1. The summed E-state index contributed by atoms with van der Waals surface area (Å²) in [6.07, 6.45) is 1.54. The Bertz CT molecular complexity index is 943. The lowest BCUT2D eigenvalue weighted by Gasteiger charge is -2.39. The van der Waals surface area contributed by atoms with Crippen molar-refractivity contribution in [2.45, 2.75) is 25.4 Å². The van der Waals surface area contributed by atoms with Crippen molar-refractivity contribution in [1.29, 1.82) is 0 Å². The summed E-state index contributed by atoms with van der Waals surface area (Å²) in [6, 6.07) is 25.2. The Morgan fingerprint density at radius 1 is 0.852 bits per heavy atom. The van der Waals surface area contributed by atoms with Crippen molar-refractivity contribution in [2.24, 2.45) is 4.99 Å². The fourth-order valence-electron chi connectivity index (χ4n) is 3.72. The molecule has 4 heteroatoms. The SMILES string of the molecule is CC1=Nc2c(Br)cc(Br)cc2C(Cc2ccccc2)(Cc2ccccc2)O1. The van der Waals surface area contributed by atoms with Gasteiger partial charge in [0.1, 0.15) is 5.60 Å². The number of hydrogen-bond acceptors (Lipinski definition) is 2. The number of benzene rings is 3. The van der Waals surface area contributed by atoms with Gasteiger partial charge in [0, 0.05) is 34.3 Å². The lowest BCUT2D eigenvalue weighted by molar-refractivity contribution is 0.0480. The Hall–Kier alpha value is -1.91. The molecule has 1 aliphatic heterocycles. The van der Waals surface area contributed by atoms with Gasteiger partial charge in [0.25, 0.3) is 0 Å². The van der Waals surface area contributed by atoms with Crippen LogP contribution in [0.1, 0.15) is 23.6 Å². The molecule has 0 spiro atoms. The molecule has 0 N–H and O–H groups in total. The minimum Gasteiger partial charge on any atom is -0.469 e. The first kappa shape index (κ1) is 18.5. The quantitative estimate of drug-likeness (QED) is 0.391. The Balaban J connectivity index is 1.89. The van der Waals surface area contributed by atoms with Crippen molar-refractivity contribution < 1.29 is 4.74 Å². The van der Waals surface area contributed by atoms with Crippen molar-refractivity contribution in [3.8, 4) is 0 Å². The third kappa shape index (κ3) is 3.87. The second kappa shape index (κ2) is 7.61. The lowest BCUT2D eigenvalue weighted by atomic mass is 9.80. The molecule has 3 aromatic rings. The van der Waals surface area contributed by atoms with Gasteiger partial charge in [-0.15, -0.1) is 0 Å². The van der Waals surface area contributed by atoms with Crippen molar-refractivity contribution >= 4 is 43.4 Å². The molecule has 0 unspecified atom stereocenters. The molecule has 1 aliphatic rings. The van der Waals surface area contributed by atoms with Gasteiger partial charge < -0.3 is 4.74 Å². The number of nitrogens with zero attached hydrogens (tertiary/aromatic N) is 1. The number of rotatable bonds is 4. The first-order valence-electron chi connectivity index (χ1n) is 8.87. The largest absolute Gasteiger partial charge is 0.469 e. The van der Waals surface area contributed by atoms with E-state index in [0.717, 1.165) is 33.0 Å². The molecule has 0 aromatic heterocycles. The van der Waals surface area contributed by atoms with Crippen LogP contribution in [0.2, 0.25) is 0 Å². The fraction of sp³-hybridized carbons (Fsp3) is 0.174. The first-order chi connectivity index (χ1) is 13.1. The first-order valence-corrected chi connectivity index (χ1v) is 10.5. The van der Waals surface area contributed by atoms with Crippen molar-refractivity contribution in [2.75, 3.05) is 0 Å². The van der Waals surface area contributed by atoms with E-state index < -0.39 is 5.60 Å². The molecule has 0 aliphatic carbocycles. The van der Waals surface area contributed by atoms with Gasteiger partial charge in [0.2, 0.25) is 0 Å². The van der Waals surface area contributed by atoms with E-state index >= 15 is 0 Å². The van der Waals surface area contributed by atoms with E-state index in [1.54, 1.807) is 0 Å². The predicted octanol–water partition coefficient (Wildman–Crippen LogP) is 6.97. The van der Waals surface area contributed by atoms with Crippen LogP contribution in [0.3, 0.4) is 0 Å². The number of aliphatic imine (C=N–C) groups is 1. The van der Waals surface area contributed by atoms with Gasteiger partial charge in [0.05, 0.1) is 5.69 Å². The van der Waals surface area contributed by atoms with Crippen molar-refractivity contribution in [3.63, 3.8) is 0 Å². The highest BCUT2D eigenvalue weighted by Gasteiger charge is 2.41. The molecular formula is C23H19Br2NO. The van der Waals surface area contributed by atoms with Gasteiger partial charge in [-0.25, -0.2) is 4.99 Å². The highest BCUT2D eigenvalue weighted by molar-refractivity contribution is 9.11. The molecule has 136 valence electrons. The third-order valence-corrected chi connectivity index (χ3v) is 5.86. The van der Waals surface area contributed by atoms with E-state index in [2.05, 4.69) is 86.5 Å². The van der Waals surface area contributed by atoms with Crippen LogP contribution < -0.4 is 0 Å². The smallest absolute Gasteiger partial charge is 0.186 e. The average Bonchev–Trinajstić information content (AvgIpc) is 2.64. The number of ether oxygens (including phenoxy) is 1. The zero-order valence-corrected chi connectivity index (χ0v) is 18.1. The summed E-state index contributed by atoms with van der Waals surface area (Å²) in [5.41, 5.74) is 4.02. The predicted molar refractivity (Wildman–Crippen MR) is 118 cm³/mol. The summed E-state index contributed by atoms with van der Waals surface area (Å²) in [7, 11) is 0.